The molecule has 3 rings (SSSR count). The van der Waals surface area contributed by atoms with Gasteiger partial charge < -0.3 is 10.2 Å². The van der Waals surface area contributed by atoms with Gasteiger partial charge >= 0.3 is 0 Å². The van der Waals surface area contributed by atoms with Crippen LogP contribution in [0.5, 0.6) is 0 Å². The van der Waals surface area contributed by atoms with E-state index in [1.807, 2.05) is 100 Å². The molecular formula is C29H33ClN2O2S. The number of hydrogen-bond donors (Lipinski definition) is 1. The zero-order valence-corrected chi connectivity index (χ0v) is 22.3. The van der Waals surface area contributed by atoms with Crippen LogP contribution < -0.4 is 5.32 Å². The first-order chi connectivity index (χ1) is 16.6. The molecule has 0 saturated carbocycles. The molecule has 35 heavy (non-hydrogen) atoms. The fraction of sp³-hybridized carbons (Fsp3) is 0.310. The van der Waals surface area contributed by atoms with Crippen LogP contribution in [0.2, 0.25) is 5.02 Å². The van der Waals surface area contributed by atoms with E-state index in [0.717, 1.165) is 21.6 Å². The Morgan fingerprint density at radius 3 is 2.23 bits per heavy atom. The van der Waals surface area contributed by atoms with Gasteiger partial charge in [-0.3, -0.25) is 9.59 Å². The fourth-order valence-corrected chi connectivity index (χ4v) is 4.68. The van der Waals surface area contributed by atoms with Crippen LogP contribution in [-0.4, -0.2) is 34.0 Å². The molecule has 184 valence electrons. The van der Waals surface area contributed by atoms with Crippen molar-refractivity contribution in [3.63, 3.8) is 0 Å². The summed E-state index contributed by atoms with van der Waals surface area (Å²) in [6, 6.07) is 24.7. The zero-order valence-electron chi connectivity index (χ0n) is 20.8. The molecule has 0 fully saturated rings. The second-order valence-electron chi connectivity index (χ2n) is 9.70. The number of carbonyl (C=O) groups excluding carboxylic acids is 2. The van der Waals surface area contributed by atoms with Crippen LogP contribution in [0.1, 0.15) is 37.5 Å². The molecule has 1 atom stereocenters. The number of thioether (sulfide) groups is 1. The van der Waals surface area contributed by atoms with Gasteiger partial charge in [0.05, 0.1) is 5.75 Å². The number of rotatable bonds is 9. The summed E-state index contributed by atoms with van der Waals surface area (Å²) in [5, 5.41) is 3.75. The average Bonchev–Trinajstić information content (AvgIpc) is 2.80. The third kappa shape index (κ3) is 8.75. The first-order valence-corrected chi connectivity index (χ1v) is 13.1. The SMILES string of the molecule is Cc1cccc(CN(C(=O)CSc2ccc(Cl)cc2)[C@@H](Cc2ccccc2)C(=O)NC(C)(C)C)c1. The molecule has 0 saturated heterocycles. The quantitative estimate of drug-likeness (QED) is 0.345. The fourth-order valence-electron chi connectivity index (χ4n) is 3.77. The molecule has 0 aliphatic rings. The number of benzene rings is 3. The van der Waals surface area contributed by atoms with Crippen molar-refractivity contribution in [1.82, 2.24) is 10.2 Å². The molecule has 0 aliphatic carbocycles. The number of aryl methyl sites for hydroxylation is 1. The number of halogens is 1. The van der Waals surface area contributed by atoms with Gasteiger partial charge in [0.1, 0.15) is 6.04 Å². The molecule has 0 aliphatic heterocycles. The largest absolute Gasteiger partial charge is 0.350 e. The van der Waals surface area contributed by atoms with Gasteiger partial charge in [-0.2, -0.15) is 0 Å². The molecule has 3 aromatic carbocycles. The Morgan fingerprint density at radius 1 is 0.943 bits per heavy atom. The van der Waals surface area contributed by atoms with Crippen LogP contribution >= 0.6 is 23.4 Å². The van der Waals surface area contributed by atoms with E-state index < -0.39 is 11.6 Å². The van der Waals surface area contributed by atoms with E-state index in [4.69, 9.17) is 11.6 Å². The van der Waals surface area contributed by atoms with Crippen LogP contribution in [0.25, 0.3) is 0 Å². The second kappa shape index (κ2) is 12.3. The lowest BCUT2D eigenvalue weighted by molar-refractivity contribution is -0.140. The monoisotopic (exact) mass is 508 g/mol. The maximum Gasteiger partial charge on any atom is 0.243 e. The van der Waals surface area contributed by atoms with Crippen molar-refractivity contribution in [1.29, 1.82) is 0 Å². The maximum atomic E-state index is 13.7. The predicted molar refractivity (Wildman–Crippen MR) is 146 cm³/mol. The van der Waals surface area contributed by atoms with Gasteiger partial charge in [-0.25, -0.2) is 0 Å². The third-order valence-corrected chi connectivity index (χ3v) is 6.63. The van der Waals surface area contributed by atoms with Gasteiger partial charge in [-0.05, 0) is 63.1 Å². The lowest BCUT2D eigenvalue weighted by atomic mass is 10.0. The molecule has 2 amide bonds. The van der Waals surface area contributed by atoms with Gasteiger partial charge in [0, 0.05) is 28.4 Å². The molecule has 3 aromatic rings. The van der Waals surface area contributed by atoms with Crippen LogP contribution in [0.15, 0.2) is 83.8 Å². The molecule has 0 bridgehead atoms. The van der Waals surface area contributed by atoms with Crippen molar-refractivity contribution in [2.45, 2.75) is 57.1 Å². The van der Waals surface area contributed by atoms with Crippen molar-refractivity contribution >= 4 is 35.2 Å². The Kier molecular flexibility index (Phi) is 9.41. The first-order valence-electron chi connectivity index (χ1n) is 11.7. The minimum atomic E-state index is -0.643. The summed E-state index contributed by atoms with van der Waals surface area (Å²) < 4.78 is 0. The second-order valence-corrected chi connectivity index (χ2v) is 11.2. The number of hydrogen-bond acceptors (Lipinski definition) is 3. The van der Waals surface area contributed by atoms with Crippen LogP contribution in [-0.2, 0) is 22.6 Å². The lowest BCUT2D eigenvalue weighted by Crippen LogP contribution is -2.54. The maximum absolute atomic E-state index is 13.7. The van der Waals surface area contributed by atoms with Crippen LogP contribution in [0.4, 0.5) is 0 Å². The molecule has 0 spiro atoms. The minimum Gasteiger partial charge on any atom is -0.350 e. The van der Waals surface area contributed by atoms with E-state index in [0.29, 0.717) is 18.0 Å². The van der Waals surface area contributed by atoms with E-state index in [9.17, 15) is 9.59 Å². The summed E-state index contributed by atoms with van der Waals surface area (Å²) >= 11 is 7.45. The lowest BCUT2D eigenvalue weighted by Gasteiger charge is -2.34. The Balaban J connectivity index is 1.92. The standard InChI is InChI=1S/C29H33ClN2O2S/c1-21-9-8-12-23(17-21)19-32(27(33)20-35-25-15-13-24(30)14-16-25)26(28(34)31-29(2,3)4)18-22-10-6-5-7-11-22/h5-17,26H,18-20H2,1-4H3,(H,31,34)/t26-/m0/s1. The van der Waals surface area contributed by atoms with E-state index in [-0.39, 0.29) is 17.6 Å². The molecule has 0 radical (unpaired) electrons. The molecule has 6 heteroatoms. The third-order valence-electron chi connectivity index (χ3n) is 5.38. The highest BCUT2D eigenvalue weighted by Crippen LogP contribution is 2.23. The minimum absolute atomic E-state index is 0.0866. The highest BCUT2D eigenvalue weighted by molar-refractivity contribution is 8.00. The average molecular weight is 509 g/mol. The Bertz CT molecular complexity index is 1130. The van der Waals surface area contributed by atoms with Gasteiger partial charge in [-0.1, -0.05) is 71.8 Å². The zero-order chi connectivity index (χ0) is 25.4. The number of carbonyl (C=O) groups is 2. The van der Waals surface area contributed by atoms with Gasteiger partial charge in [0.25, 0.3) is 0 Å². The Hall–Kier alpha value is -2.76. The molecule has 4 nitrogen and oxygen atoms in total. The van der Waals surface area contributed by atoms with E-state index in [1.165, 1.54) is 11.8 Å². The van der Waals surface area contributed by atoms with Gasteiger partial charge in [-0.15, -0.1) is 11.8 Å². The Morgan fingerprint density at radius 2 is 1.60 bits per heavy atom. The summed E-state index contributed by atoms with van der Waals surface area (Å²) in [4.78, 5) is 29.9. The normalized spacial score (nSPS) is 12.1. The van der Waals surface area contributed by atoms with Crippen molar-refractivity contribution in [2.75, 3.05) is 5.75 Å². The van der Waals surface area contributed by atoms with Crippen molar-refractivity contribution in [3.8, 4) is 0 Å². The van der Waals surface area contributed by atoms with Crippen molar-refractivity contribution in [3.05, 3.63) is 101 Å². The molecule has 0 unspecified atom stereocenters. The van der Waals surface area contributed by atoms with Gasteiger partial charge in [0.15, 0.2) is 0 Å². The number of nitrogens with zero attached hydrogens (tertiary/aromatic N) is 1. The molecular weight excluding hydrogens is 476 g/mol. The molecule has 0 heterocycles. The summed E-state index contributed by atoms with van der Waals surface area (Å²) in [5.74, 6) is -0.0167. The summed E-state index contributed by atoms with van der Waals surface area (Å²) in [7, 11) is 0. The predicted octanol–water partition coefficient (Wildman–Crippen LogP) is 6.30. The van der Waals surface area contributed by atoms with E-state index >= 15 is 0 Å². The van der Waals surface area contributed by atoms with E-state index in [2.05, 4.69) is 11.4 Å². The summed E-state index contributed by atoms with van der Waals surface area (Å²) in [5.41, 5.74) is 2.71. The first kappa shape index (κ1) is 26.8. The molecule has 1 N–H and O–H groups in total. The van der Waals surface area contributed by atoms with Crippen LogP contribution in [0.3, 0.4) is 0 Å². The number of amides is 2. The highest BCUT2D eigenvalue weighted by atomic mass is 35.5. The van der Waals surface area contributed by atoms with E-state index in [1.54, 1.807) is 4.90 Å². The smallest absolute Gasteiger partial charge is 0.243 e. The number of nitrogens with one attached hydrogen (secondary N) is 1. The Labute approximate surface area is 218 Å². The highest BCUT2D eigenvalue weighted by Gasteiger charge is 2.32. The topological polar surface area (TPSA) is 49.4 Å². The summed E-state index contributed by atoms with van der Waals surface area (Å²) in [6.45, 7) is 8.24. The van der Waals surface area contributed by atoms with Gasteiger partial charge in [0.2, 0.25) is 11.8 Å². The van der Waals surface area contributed by atoms with Crippen LogP contribution in [0, 0.1) is 6.92 Å². The summed E-state index contributed by atoms with van der Waals surface area (Å²) in [6.07, 6.45) is 0.436. The van der Waals surface area contributed by atoms with Crippen molar-refractivity contribution < 1.29 is 9.59 Å². The van der Waals surface area contributed by atoms with Crippen molar-refractivity contribution in [2.24, 2.45) is 0 Å². The molecule has 0 aromatic heterocycles.